The zero-order chi connectivity index (χ0) is 20.5. The summed E-state index contributed by atoms with van der Waals surface area (Å²) in [4.78, 5) is 26.3. The number of carbonyl (C=O) groups is 2. The molecule has 7 nitrogen and oxygen atoms in total. The van der Waals surface area contributed by atoms with Gasteiger partial charge in [-0.25, -0.2) is 13.2 Å². The average molecular weight is 403 g/mol. The normalized spacial score (nSPS) is 23.9. The van der Waals surface area contributed by atoms with Crippen LogP contribution in [-0.2, 0) is 19.4 Å². The van der Waals surface area contributed by atoms with Gasteiger partial charge < -0.3 is 15.0 Å². The van der Waals surface area contributed by atoms with Crippen LogP contribution in [0.25, 0.3) is 0 Å². The predicted octanol–water partition coefficient (Wildman–Crippen LogP) is 2.50. The number of amides is 2. The van der Waals surface area contributed by atoms with Crippen molar-refractivity contribution < 1.29 is 22.7 Å². The summed E-state index contributed by atoms with van der Waals surface area (Å²) >= 11 is 0. The van der Waals surface area contributed by atoms with Crippen molar-refractivity contribution in [3.63, 3.8) is 0 Å². The van der Waals surface area contributed by atoms with Crippen molar-refractivity contribution in [1.29, 1.82) is 0 Å². The highest BCUT2D eigenvalue weighted by molar-refractivity contribution is 7.92. The van der Waals surface area contributed by atoms with Crippen LogP contribution in [-0.4, -0.2) is 61.1 Å². The van der Waals surface area contributed by atoms with Crippen molar-refractivity contribution >= 4 is 21.8 Å². The molecule has 0 unspecified atom stereocenters. The van der Waals surface area contributed by atoms with Crippen molar-refractivity contribution in [1.82, 2.24) is 10.2 Å². The molecule has 1 atom stereocenters. The summed E-state index contributed by atoms with van der Waals surface area (Å²) in [6, 6.07) is -0.136. The number of carbonyl (C=O) groups excluding carboxylic acids is 2. The van der Waals surface area contributed by atoms with Crippen LogP contribution in [0.5, 0.6) is 0 Å². The molecule has 0 aromatic carbocycles. The highest BCUT2D eigenvalue weighted by Crippen LogP contribution is 2.31. The molecule has 1 saturated carbocycles. The molecule has 2 amide bonds. The van der Waals surface area contributed by atoms with Gasteiger partial charge in [-0.1, -0.05) is 26.7 Å². The van der Waals surface area contributed by atoms with Gasteiger partial charge in [0.2, 0.25) is 5.91 Å². The molecule has 0 aromatic rings. The van der Waals surface area contributed by atoms with Crippen LogP contribution < -0.4 is 5.32 Å². The van der Waals surface area contributed by atoms with Crippen molar-refractivity contribution in [3.8, 4) is 0 Å². The fourth-order valence-corrected chi connectivity index (χ4v) is 5.73. The number of ether oxygens (including phenoxy) is 1. The van der Waals surface area contributed by atoms with E-state index in [-0.39, 0.29) is 22.6 Å². The van der Waals surface area contributed by atoms with E-state index in [0.29, 0.717) is 32.4 Å². The molecule has 0 spiro atoms. The number of hydrogen-bond donors (Lipinski definition) is 1. The maximum atomic E-state index is 12.6. The van der Waals surface area contributed by atoms with Crippen LogP contribution in [0.15, 0.2) is 0 Å². The second kappa shape index (κ2) is 7.97. The summed E-state index contributed by atoms with van der Waals surface area (Å²) in [5.74, 6) is -0.733. The Bertz CT molecular complexity index is 660. The number of hydrogen-bond acceptors (Lipinski definition) is 5. The largest absolute Gasteiger partial charge is 0.444 e. The second-order valence-corrected chi connectivity index (χ2v) is 11.8. The minimum Gasteiger partial charge on any atom is -0.444 e. The highest BCUT2D eigenvalue weighted by atomic mass is 32.2. The maximum Gasteiger partial charge on any atom is 0.407 e. The molecule has 8 heteroatoms. The van der Waals surface area contributed by atoms with Crippen LogP contribution in [0.2, 0.25) is 0 Å². The van der Waals surface area contributed by atoms with E-state index in [9.17, 15) is 18.0 Å². The standard InChI is InChI=1S/C19H34N2O5S/c1-18(2,3)26-17(23)20-15-10-11-21(13-19(15,4)5)16(22)12-27(24,25)14-8-6-7-9-14/h14-15H,6-13H2,1-5H3,(H,20,23)/t15-/m1/s1. The quantitative estimate of drug-likeness (QED) is 0.780. The van der Waals surface area contributed by atoms with Gasteiger partial charge in [0.25, 0.3) is 0 Å². The van der Waals surface area contributed by atoms with E-state index < -0.39 is 27.3 Å². The van der Waals surface area contributed by atoms with Crippen LogP contribution in [0.3, 0.4) is 0 Å². The Kier molecular flexibility index (Phi) is 6.49. The highest BCUT2D eigenvalue weighted by Gasteiger charge is 2.40. The number of nitrogens with zero attached hydrogens (tertiary/aromatic N) is 1. The lowest BCUT2D eigenvalue weighted by molar-refractivity contribution is -0.132. The van der Waals surface area contributed by atoms with Gasteiger partial charge in [-0.05, 0) is 40.0 Å². The van der Waals surface area contributed by atoms with Gasteiger partial charge in [0.05, 0.1) is 5.25 Å². The van der Waals surface area contributed by atoms with E-state index in [1.807, 2.05) is 34.6 Å². The Labute approximate surface area is 163 Å². The third-order valence-electron chi connectivity index (χ3n) is 5.41. The van der Waals surface area contributed by atoms with E-state index in [4.69, 9.17) is 4.74 Å². The predicted molar refractivity (Wildman–Crippen MR) is 104 cm³/mol. The summed E-state index contributed by atoms with van der Waals surface area (Å²) in [7, 11) is -3.38. The molecule has 27 heavy (non-hydrogen) atoms. The molecular formula is C19H34N2O5S. The lowest BCUT2D eigenvalue weighted by Crippen LogP contribution is -2.58. The summed E-state index contributed by atoms with van der Waals surface area (Å²) < 4.78 is 30.3. The summed E-state index contributed by atoms with van der Waals surface area (Å²) in [6.45, 7) is 10.2. The average Bonchev–Trinajstić information content (AvgIpc) is 3.01. The number of nitrogens with one attached hydrogen (secondary N) is 1. The third kappa shape index (κ3) is 6.09. The van der Waals surface area contributed by atoms with E-state index >= 15 is 0 Å². The van der Waals surface area contributed by atoms with E-state index in [0.717, 1.165) is 12.8 Å². The van der Waals surface area contributed by atoms with Crippen molar-refractivity contribution in [2.45, 2.75) is 83.6 Å². The minimum absolute atomic E-state index is 0.136. The molecule has 0 aromatic heterocycles. The van der Waals surface area contributed by atoms with E-state index in [1.54, 1.807) is 4.90 Å². The molecule has 2 fully saturated rings. The molecular weight excluding hydrogens is 368 g/mol. The molecule has 0 bridgehead atoms. The zero-order valence-electron chi connectivity index (χ0n) is 17.2. The number of rotatable bonds is 4. The molecule has 0 radical (unpaired) electrons. The van der Waals surface area contributed by atoms with Gasteiger partial charge in [0.15, 0.2) is 9.84 Å². The fraction of sp³-hybridized carbons (Fsp3) is 0.895. The number of alkyl carbamates (subject to hydrolysis) is 1. The van der Waals surface area contributed by atoms with Crippen LogP contribution in [0, 0.1) is 5.41 Å². The number of likely N-dealkylation sites (tertiary alicyclic amines) is 1. The first-order valence-corrected chi connectivity index (χ1v) is 11.5. The molecule has 1 aliphatic carbocycles. The molecule has 2 rings (SSSR count). The Morgan fingerprint density at radius 3 is 2.26 bits per heavy atom. The summed E-state index contributed by atoms with van der Waals surface area (Å²) in [5, 5.41) is 2.54. The Balaban J connectivity index is 1.93. The molecule has 1 N–H and O–H groups in total. The smallest absolute Gasteiger partial charge is 0.407 e. The molecule has 2 aliphatic rings. The van der Waals surface area contributed by atoms with Gasteiger partial charge in [-0.15, -0.1) is 0 Å². The number of sulfone groups is 1. The number of piperidine rings is 1. The Morgan fingerprint density at radius 1 is 1.15 bits per heavy atom. The minimum atomic E-state index is -3.38. The van der Waals surface area contributed by atoms with Gasteiger partial charge in [0, 0.05) is 24.5 Å². The first kappa shape index (κ1) is 22.0. The van der Waals surface area contributed by atoms with Crippen molar-refractivity contribution in [2.75, 3.05) is 18.8 Å². The summed E-state index contributed by atoms with van der Waals surface area (Å²) in [5.41, 5.74) is -0.943. The van der Waals surface area contributed by atoms with E-state index in [1.165, 1.54) is 0 Å². The van der Waals surface area contributed by atoms with Gasteiger partial charge in [-0.3, -0.25) is 4.79 Å². The van der Waals surface area contributed by atoms with Crippen LogP contribution in [0.4, 0.5) is 4.79 Å². The molecule has 156 valence electrons. The van der Waals surface area contributed by atoms with Crippen LogP contribution >= 0.6 is 0 Å². The molecule has 1 heterocycles. The van der Waals surface area contributed by atoms with Crippen molar-refractivity contribution in [3.05, 3.63) is 0 Å². The van der Waals surface area contributed by atoms with Gasteiger partial charge >= 0.3 is 6.09 Å². The monoisotopic (exact) mass is 402 g/mol. The third-order valence-corrected chi connectivity index (χ3v) is 7.54. The Hall–Kier alpha value is -1.31. The summed E-state index contributed by atoms with van der Waals surface area (Å²) in [6.07, 6.45) is 3.29. The Morgan fingerprint density at radius 2 is 1.74 bits per heavy atom. The zero-order valence-corrected chi connectivity index (χ0v) is 18.0. The molecule has 1 saturated heterocycles. The van der Waals surface area contributed by atoms with Crippen molar-refractivity contribution in [2.24, 2.45) is 5.41 Å². The topological polar surface area (TPSA) is 92.8 Å². The SMILES string of the molecule is CC(C)(C)OC(=O)N[C@@H]1CCN(C(=O)CS(=O)(=O)C2CCCC2)CC1(C)C. The first-order chi connectivity index (χ1) is 12.3. The lowest BCUT2D eigenvalue weighted by Gasteiger charge is -2.44. The second-order valence-electron chi connectivity index (χ2n) is 9.51. The lowest BCUT2D eigenvalue weighted by atomic mass is 9.79. The van der Waals surface area contributed by atoms with E-state index in [2.05, 4.69) is 5.32 Å². The van der Waals surface area contributed by atoms with Gasteiger partial charge in [0.1, 0.15) is 11.4 Å². The first-order valence-electron chi connectivity index (χ1n) is 9.79. The maximum absolute atomic E-state index is 12.6. The van der Waals surface area contributed by atoms with Crippen LogP contribution in [0.1, 0.15) is 66.7 Å². The fourth-order valence-electron chi connectivity index (χ4n) is 3.92. The van der Waals surface area contributed by atoms with Gasteiger partial charge in [-0.2, -0.15) is 0 Å². The molecule has 1 aliphatic heterocycles.